The topological polar surface area (TPSA) is 42.3 Å². The largest absolute Gasteiger partial charge is 0.341 e. The van der Waals surface area contributed by atoms with Crippen molar-refractivity contribution in [3.8, 4) is 0 Å². The van der Waals surface area contributed by atoms with Crippen molar-refractivity contribution in [2.45, 2.75) is 25.3 Å². The van der Waals surface area contributed by atoms with Crippen LogP contribution in [0.2, 0.25) is 0 Å². The lowest BCUT2D eigenvalue weighted by atomic mass is 9.90. The fourth-order valence-electron chi connectivity index (χ4n) is 5.31. The Balaban J connectivity index is 1.72. The van der Waals surface area contributed by atoms with Crippen LogP contribution in [-0.4, -0.2) is 19.5 Å². The van der Waals surface area contributed by atoms with Gasteiger partial charge in [-0.1, -0.05) is 66.2 Å². The van der Waals surface area contributed by atoms with E-state index < -0.39 is 10.0 Å². The van der Waals surface area contributed by atoms with E-state index in [0.717, 1.165) is 59.9 Å². The van der Waals surface area contributed by atoms with Crippen LogP contribution in [0.4, 0.5) is 5.69 Å². The van der Waals surface area contributed by atoms with E-state index in [4.69, 9.17) is 0 Å². The van der Waals surface area contributed by atoms with E-state index in [-0.39, 0.29) is 0 Å². The predicted octanol–water partition coefficient (Wildman–Crippen LogP) is 7.53. The second-order valence-electron chi connectivity index (χ2n) is 9.09. The Morgan fingerprint density at radius 2 is 1.53 bits per heavy atom. The molecule has 0 aliphatic carbocycles. The highest BCUT2D eigenvalue weighted by Gasteiger charge is 2.35. The van der Waals surface area contributed by atoms with Crippen molar-refractivity contribution in [2.75, 3.05) is 10.8 Å². The molecule has 4 aromatic carbocycles. The van der Waals surface area contributed by atoms with Gasteiger partial charge < -0.3 is 4.57 Å². The molecular formula is C30H25IN2O2S. The highest BCUT2D eigenvalue weighted by molar-refractivity contribution is 14.1. The molecule has 0 fully saturated rings. The summed E-state index contributed by atoms with van der Waals surface area (Å²) < 4.78 is 32.9. The number of hydrogen-bond donors (Lipinski definition) is 0. The molecule has 0 radical (unpaired) electrons. The molecule has 0 unspecified atom stereocenters. The third-order valence-electron chi connectivity index (χ3n) is 6.98. The monoisotopic (exact) mass is 604 g/mol. The summed E-state index contributed by atoms with van der Waals surface area (Å²) in [6.07, 6.45) is 0. The maximum absolute atomic E-state index is 14.0. The van der Waals surface area contributed by atoms with Gasteiger partial charge in [0.05, 0.1) is 17.1 Å². The zero-order valence-electron chi connectivity index (χ0n) is 20.1. The molecule has 0 N–H and O–H groups in total. The number of aromatic nitrogens is 1. The summed E-state index contributed by atoms with van der Waals surface area (Å²) in [7, 11) is -3.76. The predicted molar refractivity (Wildman–Crippen MR) is 157 cm³/mol. The normalized spacial score (nSPS) is 14.0. The molecule has 1 aromatic heterocycles. The van der Waals surface area contributed by atoms with Gasteiger partial charge >= 0.3 is 0 Å². The summed E-state index contributed by atoms with van der Waals surface area (Å²) in [5, 5.41) is 2.24. The van der Waals surface area contributed by atoms with Crippen molar-refractivity contribution in [3.63, 3.8) is 0 Å². The number of fused-ring (bicyclic) bond motifs is 5. The van der Waals surface area contributed by atoms with Gasteiger partial charge in [-0.05, 0) is 72.3 Å². The van der Waals surface area contributed by atoms with Crippen LogP contribution in [0.15, 0.2) is 99.5 Å². The van der Waals surface area contributed by atoms with Crippen LogP contribution in [-0.2, 0) is 16.6 Å². The van der Waals surface area contributed by atoms with E-state index in [2.05, 4.69) is 76.5 Å². The minimum atomic E-state index is -3.76. The first-order valence-corrected chi connectivity index (χ1v) is 14.5. The Labute approximate surface area is 225 Å². The number of benzene rings is 4. The highest BCUT2D eigenvalue weighted by atomic mass is 127. The minimum Gasteiger partial charge on any atom is -0.341 e. The SMILES string of the molecule is CCn1c2ccccc2c2c3c(ccc21)N(S(=O)(=O)c1ccc(C)cc1)CC(I)=C3c1ccccc1. The Hall–Kier alpha value is -3.10. The first kappa shape index (κ1) is 23.3. The Morgan fingerprint density at radius 1 is 0.833 bits per heavy atom. The van der Waals surface area contributed by atoms with Crippen molar-refractivity contribution in [2.24, 2.45) is 0 Å². The second kappa shape index (κ2) is 8.78. The van der Waals surface area contributed by atoms with Gasteiger partial charge in [0.2, 0.25) is 0 Å². The molecule has 5 aromatic rings. The number of halogens is 1. The number of para-hydroxylation sites is 1. The molecule has 0 atom stereocenters. The van der Waals surface area contributed by atoms with Crippen molar-refractivity contribution in [1.82, 2.24) is 4.57 Å². The van der Waals surface area contributed by atoms with Crippen LogP contribution in [0.1, 0.15) is 23.6 Å². The first-order valence-electron chi connectivity index (χ1n) is 12.0. The van der Waals surface area contributed by atoms with Gasteiger partial charge in [0.15, 0.2) is 0 Å². The number of anilines is 1. The highest BCUT2D eigenvalue weighted by Crippen LogP contribution is 2.48. The van der Waals surface area contributed by atoms with E-state index in [1.807, 2.05) is 43.3 Å². The molecule has 0 amide bonds. The Bertz CT molecular complexity index is 1770. The van der Waals surface area contributed by atoms with E-state index in [9.17, 15) is 8.42 Å². The molecule has 2 heterocycles. The summed E-state index contributed by atoms with van der Waals surface area (Å²) in [6, 6.07) is 29.9. The molecule has 180 valence electrons. The van der Waals surface area contributed by atoms with Gasteiger partial charge in [-0.15, -0.1) is 0 Å². The zero-order chi connectivity index (χ0) is 25.0. The second-order valence-corrected chi connectivity index (χ2v) is 12.3. The zero-order valence-corrected chi connectivity index (χ0v) is 23.0. The molecule has 0 saturated heterocycles. The number of hydrogen-bond acceptors (Lipinski definition) is 2. The fraction of sp³-hybridized carbons (Fsp3) is 0.133. The van der Waals surface area contributed by atoms with Crippen molar-refractivity contribution < 1.29 is 8.42 Å². The summed E-state index contributed by atoms with van der Waals surface area (Å²) in [6.45, 7) is 5.24. The van der Waals surface area contributed by atoms with Gasteiger partial charge in [0, 0.05) is 43.1 Å². The molecular weight excluding hydrogens is 579 g/mol. The van der Waals surface area contributed by atoms with E-state index in [1.54, 1.807) is 16.4 Å². The lowest BCUT2D eigenvalue weighted by Crippen LogP contribution is -2.35. The van der Waals surface area contributed by atoms with E-state index in [1.165, 1.54) is 0 Å². The van der Waals surface area contributed by atoms with Crippen molar-refractivity contribution in [3.05, 3.63) is 111 Å². The molecule has 6 rings (SSSR count). The van der Waals surface area contributed by atoms with Gasteiger partial charge in [-0.25, -0.2) is 8.42 Å². The minimum absolute atomic E-state index is 0.298. The molecule has 6 heteroatoms. The lowest BCUT2D eigenvalue weighted by Gasteiger charge is -2.33. The van der Waals surface area contributed by atoms with Crippen LogP contribution in [0, 0.1) is 6.92 Å². The molecule has 4 nitrogen and oxygen atoms in total. The Kier molecular flexibility index (Phi) is 5.68. The number of nitrogens with zero attached hydrogens (tertiary/aromatic N) is 2. The number of aryl methyl sites for hydroxylation is 2. The maximum atomic E-state index is 14.0. The lowest BCUT2D eigenvalue weighted by molar-refractivity contribution is 0.592. The van der Waals surface area contributed by atoms with Crippen LogP contribution in [0.25, 0.3) is 27.4 Å². The quantitative estimate of drug-likeness (QED) is 0.199. The molecule has 1 aliphatic heterocycles. The summed E-state index contributed by atoms with van der Waals surface area (Å²) in [4.78, 5) is 0.308. The maximum Gasteiger partial charge on any atom is 0.264 e. The van der Waals surface area contributed by atoms with E-state index >= 15 is 0 Å². The molecule has 0 spiro atoms. The van der Waals surface area contributed by atoms with Gasteiger partial charge in [0.1, 0.15) is 0 Å². The van der Waals surface area contributed by atoms with Crippen molar-refractivity contribution >= 4 is 65.7 Å². The molecule has 36 heavy (non-hydrogen) atoms. The average Bonchev–Trinajstić information content (AvgIpc) is 3.22. The van der Waals surface area contributed by atoms with Gasteiger partial charge in [-0.2, -0.15) is 0 Å². The third kappa shape index (κ3) is 3.50. The Morgan fingerprint density at radius 3 is 2.25 bits per heavy atom. The molecule has 0 saturated carbocycles. The van der Waals surface area contributed by atoms with E-state index in [0.29, 0.717) is 11.4 Å². The summed E-state index contributed by atoms with van der Waals surface area (Å²) in [5.74, 6) is 0. The van der Waals surface area contributed by atoms with Crippen molar-refractivity contribution in [1.29, 1.82) is 0 Å². The summed E-state index contributed by atoms with van der Waals surface area (Å²) >= 11 is 2.34. The smallest absolute Gasteiger partial charge is 0.264 e. The average molecular weight is 605 g/mol. The molecule has 1 aliphatic rings. The van der Waals surface area contributed by atoms with Crippen LogP contribution >= 0.6 is 22.6 Å². The fourth-order valence-corrected chi connectivity index (χ4v) is 7.91. The third-order valence-corrected chi connectivity index (χ3v) is 9.63. The van der Waals surface area contributed by atoms with Crippen LogP contribution in [0.5, 0.6) is 0 Å². The summed E-state index contributed by atoms with van der Waals surface area (Å²) in [5.41, 5.74) is 7.20. The van der Waals surface area contributed by atoms with Gasteiger partial charge in [-0.3, -0.25) is 4.31 Å². The standard InChI is InChI=1S/C30H25IN2O2S/c1-3-32-25-12-8-7-11-23(25)29-26(32)17-18-27-30(29)28(21-9-5-4-6-10-21)24(31)19-33(27)36(34,35)22-15-13-20(2)14-16-22/h4-18H,3,19H2,1-2H3. The first-order chi connectivity index (χ1) is 17.4. The van der Waals surface area contributed by atoms with Crippen LogP contribution in [0.3, 0.4) is 0 Å². The van der Waals surface area contributed by atoms with Gasteiger partial charge in [0.25, 0.3) is 10.0 Å². The van der Waals surface area contributed by atoms with Crippen LogP contribution < -0.4 is 4.31 Å². The number of sulfonamides is 1. The molecule has 0 bridgehead atoms. The number of rotatable bonds is 4.